The monoisotopic (exact) mass is 545 g/mol. The Balaban J connectivity index is 1.77. The highest BCUT2D eigenvalue weighted by Gasteiger charge is 2.74. The van der Waals surface area contributed by atoms with E-state index in [2.05, 4.69) is 13.2 Å². The lowest BCUT2D eigenvalue weighted by Crippen LogP contribution is -2.60. The van der Waals surface area contributed by atoms with Crippen LogP contribution < -0.4 is 0 Å². The molecule has 8 heteroatoms. The average Bonchev–Trinajstić information content (AvgIpc) is 3.55. The van der Waals surface area contributed by atoms with Crippen LogP contribution in [0.1, 0.15) is 72.1 Å². The van der Waals surface area contributed by atoms with E-state index in [1.54, 1.807) is 28.8 Å². The number of hydrogen-bond acceptors (Lipinski definition) is 5. The third kappa shape index (κ3) is 4.85. The molecule has 3 aliphatic heterocycles. The van der Waals surface area contributed by atoms with E-state index in [4.69, 9.17) is 0 Å². The van der Waals surface area contributed by atoms with Gasteiger partial charge in [-0.25, -0.2) is 0 Å². The molecule has 6 atom stereocenters. The Kier molecular flexibility index (Phi) is 9.34. The Morgan fingerprint density at radius 2 is 1.82 bits per heavy atom. The maximum absolute atomic E-state index is 14.7. The number of thioether (sulfide) groups is 1. The van der Waals surface area contributed by atoms with E-state index in [9.17, 15) is 19.5 Å². The van der Waals surface area contributed by atoms with Gasteiger partial charge in [-0.05, 0) is 38.0 Å². The van der Waals surface area contributed by atoms with Gasteiger partial charge in [0, 0.05) is 30.9 Å². The lowest BCUT2D eigenvalue weighted by Gasteiger charge is -2.43. The van der Waals surface area contributed by atoms with E-state index >= 15 is 0 Å². The van der Waals surface area contributed by atoms with Gasteiger partial charge >= 0.3 is 0 Å². The van der Waals surface area contributed by atoms with E-state index in [1.807, 2.05) is 30.6 Å². The molecule has 3 saturated heterocycles. The van der Waals surface area contributed by atoms with Crippen molar-refractivity contribution in [3.63, 3.8) is 0 Å². The Labute approximate surface area is 233 Å². The summed E-state index contributed by atoms with van der Waals surface area (Å²) in [6, 6.07) is -1.00. The number of hydrogen-bond donors (Lipinski definition) is 1. The molecule has 0 aromatic carbocycles. The Morgan fingerprint density at radius 3 is 2.39 bits per heavy atom. The van der Waals surface area contributed by atoms with Crippen LogP contribution in [0.4, 0.5) is 0 Å². The van der Waals surface area contributed by atoms with Crippen LogP contribution in [0.25, 0.3) is 0 Å². The Hall–Kier alpha value is -1.80. The Morgan fingerprint density at radius 1 is 1.13 bits per heavy atom. The summed E-state index contributed by atoms with van der Waals surface area (Å²) >= 11 is 1.71. The van der Waals surface area contributed by atoms with Crippen molar-refractivity contribution in [3.8, 4) is 0 Å². The molecule has 4 aliphatic rings. The number of nitrogens with zero attached hydrogens (tertiary/aromatic N) is 3. The summed E-state index contributed by atoms with van der Waals surface area (Å²) < 4.78 is -0.637. The zero-order valence-electron chi connectivity index (χ0n) is 23.5. The predicted octanol–water partition coefficient (Wildman–Crippen LogP) is 3.87. The molecule has 3 heterocycles. The molecule has 1 aliphatic carbocycles. The van der Waals surface area contributed by atoms with E-state index in [0.717, 1.165) is 44.9 Å². The fourth-order valence-corrected chi connectivity index (χ4v) is 9.86. The van der Waals surface area contributed by atoms with Crippen LogP contribution in [0.5, 0.6) is 0 Å². The first kappa shape index (κ1) is 29.2. The maximum atomic E-state index is 14.7. The second kappa shape index (κ2) is 12.2. The van der Waals surface area contributed by atoms with Crippen molar-refractivity contribution in [2.45, 2.75) is 100 Å². The summed E-state index contributed by atoms with van der Waals surface area (Å²) in [6.45, 7) is 15.1. The summed E-state index contributed by atoms with van der Waals surface area (Å²) in [6.07, 6.45) is 11.3. The normalized spacial score (nSPS) is 31.4. The number of carbonyl (C=O) groups excluding carboxylic acids is 3. The molecule has 4 rings (SSSR count). The van der Waals surface area contributed by atoms with Gasteiger partial charge in [-0.1, -0.05) is 52.2 Å². The number of fused-ring (bicyclic) bond motifs is 1. The fraction of sp³-hybridized carbons (Fsp3) is 0.767. The number of rotatable bonds is 12. The summed E-state index contributed by atoms with van der Waals surface area (Å²) in [5, 5.41) is 10.5. The minimum Gasteiger partial charge on any atom is -0.394 e. The van der Waals surface area contributed by atoms with Crippen LogP contribution in [0.2, 0.25) is 0 Å². The SMILES string of the molecule is C=CCN(CCC)C(=O)[C@@H]1[C@@H]2CCC3(S2)C(C(=O)N(CC=C)C2CCCCC2)N([C@@H](CO)C(C)C)C(=O)[C@H]13. The quantitative estimate of drug-likeness (QED) is 0.377. The smallest absolute Gasteiger partial charge is 0.247 e. The van der Waals surface area contributed by atoms with Crippen LogP contribution in [-0.2, 0) is 14.4 Å². The van der Waals surface area contributed by atoms with Crippen LogP contribution in [0.15, 0.2) is 25.3 Å². The van der Waals surface area contributed by atoms with Gasteiger partial charge < -0.3 is 19.8 Å². The van der Waals surface area contributed by atoms with Crippen LogP contribution in [-0.4, -0.2) is 91.9 Å². The largest absolute Gasteiger partial charge is 0.394 e. The van der Waals surface area contributed by atoms with Gasteiger partial charge in [0.2, 0.25) is 17.7 Å². The highest BCUT2D eigenvalue weighted by molar-refractivity contribution is 8.02. The van der Waals surface area contributed by atoms with Crippen LogP contribution in [0, 0.1) is 17.8 Å². The molecular formula is C30H47N3O4S. The first-order valence-corrected chi connectivity index (χ1v) is 15.6. The van der Waals surface area contributed by atoms with Gasteiger partial charge in [-0.3, -0.25) is 14.4 Å². The van der Waals surface area contributed by atoms with Gasteiger partial charge in [0.15, 0.2) is 0 Å². The maximum Gasteiger partial charge on any atom is 0.247 e. The number of aliphatic hydroxyl groups is 1. The zero-order valence-corrected chi connectivity index (χ0v) is 24.3. The first-order valence-electron chi connectivity index (χ1n) is 14.7. The van der Waals surface area contributed by atoms with Gasteiger partial charge in [0.05, 0.1) is 29.2 Å². The van der Waals surface area contributed by atoms with Gasteiger partial charge in [0.1, 0.15) is 6.04 Å². The van der Waals surface area contributed by atoms with Crippen molar-refractivity contribution in [3.05, 3.63) is 25.3 Å². The highest BCUT2D eigenvalue weighted by Crippen LogP contribution is 2.67. The topological polar surface area (TPSA) is 81.2 Å². The Bertz CT molecular complexity index is 919. The molecule has 212 valence electrons. The van der Waals surface area contributed by atoms with Gasteiger partial charge in [0.25, 0.3) is 0 Å². The van der Waals surface area contributed by atoms with E-state index < -0.39 is 28.7 Å². The molecule has 38 heavy (non-hydrogen) atoms. The molecule has 4 fully saturated rings. The molecule has 0 aromatic heterocycles. The van der Waals surface area contributed by atoms with Crippen molar-refractivity contribution in [2.24, 2.45) is 17.8 Å². The summed E-state index contributed by atoms with van der Waals surface area (Å²) in [5.74, 6) is -1.14. The molecule has 1 spiro atoms. The lowest BCUT2D eigenvalue weighted by molar-refractivity contribution is -0.149. The van der Waals surface area contributed by atoms with E-state index in [-0.39, 0.29) is 41.5 Å². The molecule has 0 radical (unpaired) electrons. The minimum atomic E-state index is -0.673. The standard InChI is InChI=1S/C30H47N3O4S/c1-6-16-31(17-7-2)27(35)24-23-14-15-30(38-23)25(24)28(36)33(22(19-34)20(4)5)26(30)29(37)32(18-8-3)21-12-10-9-11-13-21/h6,8,20-26,34H,1,3,7,9-19H2,2,4-5H3/t22-,23-,24+,25-,26?,30?/m0/s1. The number of aliphatic hydroxyl groups excluding tert-OH is 1. The van der Waals surface area contributed by atoms with E-state index in [1.165, 1.54) is 6.42 Å². The van der Waals surface area contributed by atoms with Crippen LogP contribution >= 0.6 is 11.8 Å². The van der Waals surface area contributed by atoms with Crippen molar-refractivity contribution in [2.75, 3.05) is 26.2 Å². The molecule has 0 aromatic rings. The van der Waals surface area contributed by atoms with E-state index in [0.29, 0.717) is 19.6 Å². The fourth-order valence-electron chi connectivity index (χ4n) is 7.67. The molecule has 2 bridgehead atoms. The average molecular weight is 546 g/mol. The second-order valence-corrected chi connectivity index (χ2v) is 13.5. The number of amides is 3. The second-order valence-electron chi connectivity index (χ2n) is 11.9. The van der Waals surface area contributed by atoms with Gasteiger partial charge in [-0.15, -0.1) is 24.9 Å². The molecular weight excluding hydrogens is 498 g/mol. The third-order valence-electron chi connectivity index (χ3n) is 9.35. The first-order chi connectivity index (χ1) is 18.3. The lowest BCUT2D eigenvalue weighted by atomic mass is 9.70. The molecule has 1 saturated carbocycles. The molecule has 1 N–H and O–H groups in total. The summed E-state index contributed by atoms with van der Waals surface area (Å²) in [4.78, 5) is 48.6. The highest BCUT2D eigenvalue weighted by atomic mass is 32.2. The van der Waals surface area contributed by atoms with Crippen LogP contribution in [0.3, 0.4) is 0 Å². The van der Waals surface area contributed by atoms with Crippen molar-refractivity contribution < 1.29 is 19.5 Å². The predicted molar refractivity (Wildman–Crippen MR) is 153 cm³/mol. The number of likely N-dealkylation sites (tertiary alicyclic amines) is 1. The molecule has 3 amide bonds. The van der Waals surface area contributed by atoms with Crippen molar-refractivity contribution in [1.82, 2.24) is 14.7 Å². The minimum absolute atomic E-state index is 0.0116. The third-order valence-corrected chi connectivity index (χ3v) is 11.3. The summed E-state index contributed by atoms with van der Waals surface area (Å²) in [7, 11) is 0. The van der Waals surface area contributed by atoms with Crippen molar-refractivity contribution in [1.29, 1.82) is 0 Å². The molecule has 7 nitrogen and oxygen atoms in total. The summed E-state index contributed by atoms with van der Waals surface area (Å²) in [5.41, 5.74) is 0. The number of carbonyl (C=O) groups is 3. The van der Waals surface area contributed by atoms with Crippen molar-refractivity contribution >= 4 is 29.5 Å². The van der Waals surface area contributed by atoms with Gasteiger partial charge in [-0.2, -0.15) is 0 Å². The zero-order chi connectivity index (χ0) is 27.6. The molecule has 2 unspecified atom stereocenters.